The molecule has 2 heteroatoms. The van der Waals surface area contributed by atoms with Crippen LogP contribution in [0.5, 0.6) is 0 Å². The van der Waals surface area contributed by atoms with E-state index in [1.165, 1.54) is 103 Å². The topological polar surface area (TPSA) is 9.23 Å². The third kappa shape index (κ3) is 21.9. The van der Waals surface area contributed by atoms with Crippen LogP contribution in [0.3, 0.4) is 0 Å². The Morgan fingerprint density at radius 3 is 1.65 bits per heavy atom. The maximum atomic E-state index is 5.80. The zero-order chi connectivity index (χ0) is 16.8. The highest BCUT2D eigenvalue weighted by Crippen LogP contribution is 2.11. The summed E-state index contributed by atoms with van der Waals surface area (Å²) in [6.07, 6.45) is 24.6. The largest absolute Gasteiger partial charge is 0.419 e. The van der Waals surface area contributed by atoms with E-state index in [9.17, 15) is 0 Å². The van der Waals surface area contributed by atoms with E-state index in [0.29, 0.717) is 0 Å². The van der Waals surface area contributed by atoms with Gasteiger partial charge in [-0.25, -0.2) is 0 Å². The molecule has 0 unspecified atom stereocenters. The van der Waals surface area contributed by atoms with Gasteiger partial charge in [0.15, 0.2) is 9.76 Å². The fourth-order valence-electron chi connectivity index (χ4n) is 2.89. The van der Waals surface area contributed by atoms with Gasteiger partial charge in [0.25, 0.3) is 0 Å². The molecule has 0 aromatic carbocycles. The first-order valence-corrected chi connectivity index (χ1v) is 12.0. The fourth-order valence-corrected chi connectivity index (χ4v) is 3.77. The molecule has 0 amide bonds. The molecule has 138 valence electrons. The first-order chi connectivity index (χ1) is 11.4. The highest BCUT2D eigenvalue weighted by atomic mass is 28.2. The van der Waals surface area contributed by atoms with Crippen LogP contribution in [0.2, 0.25) is 0 Å². The standard InChI is InChI=1S/C21H44OSi/c1-3-5-7-9-11-12-13-14-15-16-18-20-22-23-21-19-17-10-8-6-4-2/h19,21H,3-18,20,23H2,1-2H3. The smallest absolute Gasteiger partial charge is 0.184 e. The van der Waals surface area contributed by atoms with E-state index in [0.717, 1.165) is 6.61 Å². The molecule has 0 spiro atoms. The summed E-state index contributed by atoms with van der Waals surface area (Å²) in [6.45, 7) is 5.56. The summed E-state index contributed by atoms with van der Waals surface area (Å²) in [5, 5.41) is 0. The second kappa shape index (κ2) is 21.9. The predicted molar refractivity (Wildman–Crippen MR) is 109 cm³/mol. The van der Waals surface area contributed by atoms with Crippen LogP contribution in [0.25, 0.3) is 0 Å². The highest BCUT2D eigenvalue weighted by molar-refractivity contribution is 6.34. The van der Waals surface area contributed by atoms with E-state index in [4.69, 9.17) is 4.43 Å². The van der Waals surface area contributed by atoms with Gasteiger partial charge in [0, 0.05) is 6.61 Å². The van der Waals surface area contributed by atoms with Gasteiger partial charge >= 0.3 is 0 Å². The number of unbranched alkanes of at least 4 members (excludes halogenated alkanes) is 14. The van der Waals surface area contributed by atoms with E-state index >= 15 is 0 Å². The highest BCUT2D eigenvalue weighted by Gasteiger charge is 1.93. The zero-order valence-corrected chi connectivity index (χ0v) is 17.7. The molecule has 0 atom stereocenters. The lowest BCUT2D eigenvalue weighted by Gasteiger charge is -2.03. The molecule has 0 heterocycles. The quantitative estimate of drug-likeness (QED) is 0.184. The van der Waals surface area contributed by atoms with Crippen LogP contribution in [0.1, 0.15) is 117 Å². The van der Waals surface area contributed by atoms with Crippen LogP contribution >= 0.6 is 0 Å². The summed E-state index contributed by atoms with van der Waals surface area (Å²) in [5.74, 6) is 0. The molecule has 0 aliphatic rings. The van der Waals surface area contributed by atoms with Crippen LogP contribution in [0.4, 0.5) is 0 Å². The Labute approximate surface area is 149 Å². The van der Waals surface area contributed by atoms with Gasteiger partial charge < -0.3 is 4.43 Å². The minimum Gasteiger partial charge on any atom is -0.419 e. The molecule has 0 radical (unpaired) electrons. The van der Waals surface area contributed by atoms with Crippen LogP contribution < -0.4 is 0 Å². The lowest BCUT2D eigenvalue weighted by molar-refractivity contribution is 0.325. The number of rotatable bonds is 19. The molecule has 23 heavy (non-hydrogen) atoms. The van der Waals surface area contributed by atoms with Crippen molar-refractivity contribution in [1.82, 2.24) is 0 Å². The molecule has 0 saturated heterocycles. The minimum atomic E-state index is -0.367. The van der Waals surface area contributed by atoms with Crippen molar-refractivity contribution < 1.29 is 4.43 Å². The van der Waals surface area contributed by atoms with Crippen molar-refractivity contribution in [2.45, 2.75) is 117 Å². The second-order valence-electron chi connectivity index (χ2n) is 6.93. The fraction of sp³-hybridized carbons (Fsp3) is 0.905. The van der Waals surface area contributed by atoms with E-state index in [1.807, 2.05) is 0 Å². The number of hydrogen-bond donors (Lipinski definition) is 0. The van der Waals surface area contributed by atoms with Gasteiger partial charge in [-0.2, -0.15) is 0 Å². The van der Waals surface area contributed by atoms with Crippen molar-refractivity contribution in [2.75, 3.05) is 6.61 Å². The van der Waals surface area contributed by atoms with Crippen molar-refractivity contribution in [3.63, 3.8) is 0 Å². The summed E-state index contributed by atoms with van der Waals surface area (Å²) in [6, 6.07) is 0. The van der Waals surface area contributed by atoms with Gasteiger partial charge in [-0.15, -0.1) is 0 Å². The van der Waals surface area contributed by atoms with Gasteiger partial charge in [-0.3, -0.25) is 0 Å². The van der Waals surface area contributed by atoms with E-state index < -0.39 is 0 Å². The normalized spacial score (nSPS) is 12.1. The van der Waals surface area contributed by atoms with Crippen molar-refractivity contribution in [1.29, 1.82) is 0 Å². The Balaban J connectivity index is 3.01. The molecule has 0 aliphatic carbocycles. The lowest BCUT2D eigenvalue weighted by Crippen LogP contribution is -1.97. The van der Waals surface area contributed by atoms with Gasteiger partial charge in [-0.1, -0.05) is 109 Å². The SMILES string of the molecule is CCCCCCC=C[SiH2]OCCCCCCCCCCCCC. The summed E-state index contributed by atoms with van der Waals surface area (Å²) in [7, 11) is -0.367. The van der Waals surface area contributed by atoms with E-state index in [1.54, 1.807) is 0 Å². The number of hydrogen-bond acceptors (Lipinski definition) is 1. The van der Waals surface area contributed by atoms with Crippen LogP contribution in [0, 0.1) is 0 Å². The average molecular weight is 341 g/mol. The molecular formula is C21H44OSi. The van der Waals surface area contributed by atoms with Crippen molar-refractivity contribution in [3.8, 4) is 0 Å². The Morgan fingerprint density at radius 2 is 1.09 bits per heavy atom. The molecule has 0 aromatic rings. The molecule has 0 fully saturated rings. The van der Waals surface area contributed by atoms with E-state index in [-0.39, 0.29) is 9.76 Å². The maximum absolute atomic E-state index is 5.80. The maximum Gasteiger partial charge on any atom is 0.184 e. The monoisotopic (exact) mass is 340 g/mol. The molecule has 0 saturated carbocycles. The van der Waals surface area contributed by atoms with Crippen molar-refractivity contribution in [3.05, 3.63) is 11.8 Å². The summed E-state index contributed by atoms with van der Waals surface area (Å²) >= 11 is 0. The Bertz CT molecular complexity index is 228. The summed E-state index contributed by atoms with van der Waals surface area (Å²) in [4.78, 5) is 0. The molecule has 0 N–H and O–H groups in total. The van der Waals surface area contributed by atoms with Gasteiger partial charge in [-0.05, 0) is 19.3 Å². The van der Waals surface area contributed by atoms with Crippen LogP contribution in [0.15, 0.2) is 11.8 Å². The van der Waals surface area contributed by atoms with Gasteiger partial charge in [0.2, 0.25) is 0 Å². The Morgan fingerprint density at radius 1 is 0.609 bits per heavy atom. The molecular weight excluding hydrogens is 296 g/mol. The van der Waals surface area contributed by atoms with Gasteiger partial charge in [0.1, 0.15) is 0 Å². The first kappa shape index (κ1) is 22.9. The van der Waals surface area contributed by atoms with Crippen molar-refractivity contribution in [2.24, 2.45) is 0 Å². The summed E-state index contributed by atoms with van der Waals surface area (Å²) < 4.78 is 5.80. The Hall–Kier alpha value is -0.0831. The molecule has 1 nitrogen and oxygen atoms in total. The van der Waals surface area contributed by atoms with Crippen LogP contribution in [-0.4, -0.2) is 16.4 Å². The Kier molecular flexibility index (Phi) is 21.8. The molecule has 0 rings (SSSR count). The third-order valence-electron chi connectivity index (χ3n) is 4.50. The second-order valence-corrected chi connectivity index (χ2v) is 8.14. The average Bonchev–Trinajstić information content (AvgIpc) is 2.57. The number of allylic oxidation sites excluding steroid dienone is 1. The van der Waals surface area contributed by atoms with Crippen LogP contribution in [-0.2, 0) is 4.43 Å². The lowest BCUT2D eigenvalue weighted by atomic mass is 10.1. The molecule has 0 aromatic heterocycles. The summed E-state index contributed by atoms with van der Waals surface area (Å²) in [5.41, 5.74) is 2.34. The minimum absolute atomic E-state index is 0.367. The van der Waals surface area contributed by atoms with Gasteiger partial charge in [0.05, 0.1) is 0 Å². The molecule has 0 bridgehead atoms. The zero-order valence-electron chi connectivity index (χ0n) is 16.3. The third-order valence-corrected chi connectivity index (χ3v) is 5.55. The molecule has 0 aliphatic heterocycles. The predicted octanol–water partition coefficient (Wildman–Crippen LogP) is 6.88. The first-order valence-electron chi connectivity index (χ1n) is 10.6. The van der Waals surface area contributed by atoms with Crippen molar-refractivity contribution >= 4 is 9.76 Å². The van der Waals surface area contributed by atoms with E-state index in [2.05, 4.69) is 25.6 Å².